The maximum atomic E-state index is 4.94. The predicted octanol–water partition coefficient (Wildman–Crippen LogP) is 3.74. The number of hydrogen-bond donors (Lipinski definition) is 2. The number of nitrogens with zero attached hydrogens (tertiary/aromatic N) is 4. The van der Waals surface area contributed by atoms with Crippen molar-refractivity contribution >= 4 is 5.96 Å². The fraction of sp³-hybridized carbons (Fsp3) is 0.615. The Bertz CT molecular complexity index is 874. The Morgan fingerprint density at radius 2 is 1.84 bits per heavy atom. The van der Waals surface area contributed by atoms with Crippen LogP contribution in [0.25, 0.3) is 0 Å². The Labute approximate surface area is 194 Å². The number of aliphatic imine (C=N–C) groups is 1. The van der Waals surface area contributed by atoms with E-state index in [9.17, 15) is 0 Å². The second-order valence-corrected chi connectivity index (χ2v) is 9.45. The van der Waals surface area contributed by atoms with E-state index in [1.807, 2.05) is 11.7 Å². The molecule has 2 aromatic rings. The zero-order valence-electron chi connectivity index (χ0n) is 20.9. The van der Waals surface area contributed by atoms with Crippen molar-refractivity contribution in [3.05, 3.63) is 52.3 Å². The Kier molecular flexibility index (Phi) is 8.74. The number of aryl methyl sites for hydroxylation is 3. The molecule has 1 aromatic carbocycles. The fourth-order valence-electron chi connectivity index (χ4n) is 4.52. The molecule has 1 fully saturated rings. The quantitative estimate of drug-likeness (QED) is 0.487. The average Bonchev–Trinajstić information content (AvgIpc) is 3.00. The zero-order chi connectivity index (χ0) is 23.1. The fourth-order valence-corrected chi connectivity index (χ4v) is 4.52. The van der Waals surface area contributed by atoms with Crippen molar-refractivity contribution in [3.8, 4) is 0 Å². The molecule has 0 bridgehead atoms. The van der Waals surface area contributed by atoms with Crippen molar-refractivity contribution in [2.45, 2.75) is 66.5 Å². The minimum absolute atomic E-state index is 0.297. The van der Waals surface area contributed by atoms with Gasteiger partial charge in [-0.3, -0.25) is 14.6 Å². The lowest BCUT2D eigenvalue weighted by molar-refractivity contribution is 0.180. The van der Waals surface area contributed by atoms with Gasteiger partial charge in [-0.2, -0.15) is 5.10 Å². The van der Waals surface area contributed by atoms with Crippen LogP contribution >= 0.6 is 0 Å². The number of rotatable bonds is 8. The highest BCUT2D eigenvalue weighted by Crippen LogP contribution is 2.20. The van der Waals surface area contributed by atoms with Gasteiger partial charge >= 0.3 is 0 Å². The molecule has 1 aliphatic heterocycles. The number of guanidine groups is 1. The van der Waals surface area contributed by atoms with Crippen LogP contribution in [0.15, 0.2) is 29.3 Å². The maximum Gasteiger partial charge on any atom is 0.191 e. The molecule has 1 unspecified atom stereocenters. The molecule has 0 aliphatic carbocycles. The molecule has 0 radical (unpaired) electrons. The van der Waals surface area contributed by atoms with Gasteiger partial charge in [0.05, 0.1) is 5.69 Å². The monoisotopic (exact) mass is 438 g/mol. The summed E-state index contributed by atoms with van der Waals surface area (Å²) in [7, 11) is 2.02. The molecule has 3 rings (SSSR count). The van der Waals surface area contributed by atoms with Crippen LogP contribution in [0.3, 0.4) is 0 Å². The molecule has 176 valence electrons. The lowest BCUT2D eigenvalue weighted by Gasteiger charge is -2.31. The van der Waals surface area contributed by atoms with E-state index in [1.54, 1.807) is 0 Å². The number of hydrogen-bond acceptors (Lipinski definition) is 3. The van der Waals surface area contributed by atoms with Gasteiger partial charge in [-0.1, -0.05) is 29.8 Å². The van der Waals surface area contributed by atoms with Gasteiger partial charge in [0.25, 0.3) is 0 Å². The topological polar surface area (TPSA) is 57.5 Å². The van der Waals surface area contributed by atoms with Gasteiger partial charge in [-0.15, -0.1) is 0 Å². The standard InChI is InChI=1S/C26H42N6/c1-7-27-26(29-20(3)16-25-21(4)30-31(6)22(25)5)28-17-23-12-14-32(15-13-23)18-24-10-8-19(2)9-11-24/h8-11,20,23H,7,12-18H2,1-6H3,(H2,27,28,29). The largest absolute Gasteiger partial charge is 0.357 e. The second kappa shape index (κ2) is 11.5. The summed E-state index contributed by atoms with van der Waals surface area (Å²) in [6.45, 7) is 15.9. The van der Waals surface area contributed by atoms with Crippen molar-refractivity contribution in [3.63, 3.8) is 0 Å². The highest BCUT2D eigenvalue weighted by atomic mass is 15.3. The predicted molar refractivity (Wildman–Crippen MR) is 134 cm³/mol. The molecule has 1 atom stereocenters. The maximum absolute atomic E-state index is 4.94. The van der Waals surface area contributed by atoms with Gasteiger partial charge < -0.3 is 10.6 Å². The van der Waals surface area contributed by atoms with Crippen LogP contribution in [0.5, 0.6) is 0 Å². The van der Waals surface area contributed by atoms with Crippen LogP contribution in [0, 0.1) is 26.7 Å². The summed E-state index contributed by atoms with van der Waals surface area (Å²) in [5, 5.41) is 11.6. The van der Waals surface area contributed by atoms with E-state index >= 15 is 0 Å². The molecule has 0 spiro atoms. The molecule has 0 saturated carbocycles. The summed E-state index contributed by atoms with van der Waals surface area (Å²) < 4.78 is 1.97. The molecule has 1 aromatic heterocycles. The first kappa shape index (κ1) is 24.3. The number of piperidine rings is 1. The van der Waals surface area contributed by atoms with E-state index < -0.39 is 0 Å². The van der Waals surface area contributed by atoms with Crippen LogP contribution < -0.4 is 10.6 Å². The van der Waals surface area contributed by atoms with Crippen molar-refractivity contribution in [1.29, 1.82) is 0 Å². The van der Waals surface area contributed by atoms with Gasteiger partial charge in [0, 0.05) is 38.4 Å². The third kappa shape index (κ3) is 6.83. The molecule has 2 heterocycles. The first-order valence-corrected chi connectivity index (χ1v) is 12.2. The molecule has 32 heavy (non-hydrogen) atoms. The SMILES string of the molecule is CCNC(=NCC1CCN(Cc2ccc(C)cc2)CC1)NC(C)Cc1c(C)nn(C)c1C. The van der Waals surface area contributed by atoms with Crippen LogP contribution in [-0.2, 0) is 20.0 Å². The summed E-state index contributed by atoms with van der Waals surface area (Å²) >= 11 is 0. The van der Waals surface area contributed by atoms with E-state index in [-0.39, 0.29) is 0 Å². The van der Waals surface area contributed by atoms with Crippen molar-refractivity contribution in [1.82, 2.24) is 25.3 Å². The Morgan fingerprint density at radius 3 is 2.44 bits per heavy atom. The molecule has 1 saturated heterocycles. The first-order chi connectivity index (χ1) is 15.4. The van der Waals surface area contributed by atoms with E-state index in [2.05, 4.69) is 79.5 Å². The second-order valence-electron chi connectivity index (χ2n) is 9.45. The Morgan fingerprint density at radius 1 is 1.16 bits per heavy atom. The lowest BCUT2D eigenvalue weighted by atomic mass is 9.96. The van der Waals surface area contributed by atoms with E-state index in [4.69, 9.17) is 4.99 Å². The lowest BCUT2D eigenvalue weighted by Crippen LogP contribution is -2.43. The number of likely N-dealkylation sites (tertiary alicyclic amines) is 1. The van der Waals surface area contributed by atoms with Gasteiger partial charge in [-0.05, 0) is 84.0 Å². The number of nitrogens with one attached hydrogen (secondary N) is 2. The number of benzene rings is 1. The van der Waals surface area contributed by atoms with Crippen molar-refractivity contribution < 1.29 is 0 Å². The minimum Gasteiger partial charge on any atom is -0.357 e. The molecule has 6 nitrogen and oxygen atoms in total. The van der Waals surface area contributed by atoms with E-state index in [1.165, 1.54) is 35.2 Å². The number of aromatic nitrogens is 2. The summed E-state index contributed by atoms with van der Waals surface area (Å²) in [6, 6.07) is 9.24. The minimum atomic E-state index is 0.297. The highest BCUT2D eigenvalue weighted by molar-refractivity contribution is 5.80. The Hall–Kier alpha value is -2.34. The molecule has 6 heteroatoms. The molecular formula is C26H42N6. The summed E-state index contributed by atoms with van der Waals surface area (Å²) in [5.74, 6) is 1.60. The highest BCUT2D eigenvalue weighted by Gasteiger charge is 2.20. The summed E-state index contributed by atoms with van der Waals surface area (Å²) in [5.41, 5.74) is 6.45. The van der Waals surface area contributed by atoms with Gasteiger partial charge in [0.1, 0.15) is 0 Å². The van der Waals surface area contributed by atoms with Crippen LogP contribution in [0.4, 0.5) is 0 Å². The van der Waals surface area contributed by atoms with E-state index in [0.29, 0.717) is 12.0 Å². The third-order valence-electron chi connectivity index (χ3n) is 6.64. The molecular weight excluding hydrogens is 396 g/mol. The molecule has 2 N–H and O–H groups in total. The van der Waals surface area contributed by atoms with Gasteiger partial charge in [-0.25, -0.2) is 0 Å². The van der Waals surface area contributed by atoms with E-state index in [0.717, 1.165) is 50.8 Å². The van der Waals surface area contributed by atoms with Crippen molar-refractivity contribution in [2.75, 3.05) is 26.2 Å². The molecule has 0 amide bonds. The molecule has 1 aliphatic rings. The van der Waals surface area contributed by atoms with Crippen molar-refractivity contribution in [2.24, 2.45) is 18.0 Å². The first-order valence-electron chi connectivity index (χ1n) is 12.2. The Balaban J connectivity index is 1.48. The zero-order valence-corrected chi connectivity index (χ0v) is 20.9. The average molecular weight is 439 g/mol. The van der Waals surface area contributed by atoms with Crippen LogP contribution in [-0.4, -0.2) is 52.9 Å². The normalized spacial score (nSPS) is 16.9. The van der Waals surface area contributed by atoms with Gasteiger partial charge in [0.15, 0.2) is 5.96 Å². The van der Waals surface area contributed by atoms with Crippen LogP contribution in [0.2, 0.25) is 0 Å². The smallest absolute Gasteiger partial charge is 0.191 e. The third-order valence-corrected chi connectivity index (χ3v) is 6.64. The van der Waals surface area contributed by atoms with Gasteiger partial charge in [0.2, 0.25) is 0 Å². The summed E-state index contributed by atoms with van der Waals surface area (Å²) in [6.07, 6.45) is 3.39. The summed E-state index contributed by atoms with van der Waals surface area (Å²) in [4.78, 5) is 7.52. The van der Waals surface area contributed by atoms with Crippen LogP contribution in [0.1, 0.15) is 54.8 Å².